The molecular weight excluding hydrogens is 440 g/mol. The molecule has 0 aromatic heterocycles. The molecule has 0 bridgehead atoms. The van der Waals surface area contributed by atoms with Gasteiger partial charge in [0.05, 0.1) is 4.58 Å². The molecule has 1 saturated heterocycles. The summed E-state index contributed by atoms with van der Waals surface area (Å²) in [6.07, 6.45) is 10.5. The summed E-state index contributed by atoms with van der Waals surface area (Å²) in [4.78, 5) is 23.8. The molecule has 0 amide bonds. The van der Waals surface area contributed by atoms with E-state index in [1.54, 1.807) is 19.4 Å². The van der Waals surface area contributed by atoms with Crippen molar-refractivity contribution in [3.63, 3.8) is 0 Å². The quantitative estimate of drug-likeness (QED) is 0.375. The van der Waals surface area contributed by atoms with Gasteiger partial charge in [0.1, 0.15) is 12.2 Å². The highest BCUT2D eigenvalue weighted by molar-refractivity contribution is 8.20. The molecule has 5 rings (SSSR count). The number of carbonyl (C=O) groups excluding carboxylic acids is 2. The van der Waals surface area contributed by atoms with Crippen LogP contribution in [0, 0.1) is 34.5 Å². The predicted octanol–water partition coefficient (Wildman–Crippen LogP) is 5.84. The Morgan fingerprint density at radius 3 is 2.38 bits per heavy atom. The van der Waals surface area contributed by atoms with Gasteiger partial charge in [0.2, 0.25) is 0 Å². The maximum Gasteiger partial charge on any atom is 0.302 e. The number of hydrogen-bond acceptors (Lipinski definition) is 6. The van der Waals surface area contributed by atoms with Crippen LogP contribution in [0.15, 0.2) is 11.6 Å². The van der Waals surface area contributed by atoms with Crippen LogP contribution >= 0.6 is 23.5 Å². The molecule has 8 atom stereocenters. The minimum absolute atomic E-state index is 0.00576. The van der Waals surface area contributed by atoms with E-state index in [1.165, 1.54) is 37.2 Å². The van der Waals surface area contributed by atoms with Crippen molar-refractivity contribution >= 4 is 35.5 Å². The fourth-order valence-corrected chi connectivity index (χ4v) is 11.5. The Morgan fingerprint density at radius 1 is 0.969 bits per heavy atom. The summed E-state index contributed by atoms with van der Waals surface area (Å²) < 4.78 is 12.3. The van der Waals surface area contributed by atoms with Crippen LogP contribution in [-0.2, 0) is 19.1 Å². The van der Waals surface area contributed by atoms with Gasteiger partial charge in [-0.3, -0.25) is 9.59 Å². The Kier molecular flexibility index (Phi) is 6.18. The van der Waals surface area contributed by atoms with Gasteiger partial charge < -0.3 is 9.47 Å². The molecule has 4 aliphatic carbocycles. The lowest BCUT2D eigenvalue weighted by molar-refractivity contribution is -0.160. The van der Waals surface area contributed by atoms with E-state index in [2.05, 4.69) is 19.9 Å². The molecule has 0 aromatic carbocycles. The molecule has 0 unspecified atom stereocenters. The Morgan fingerprint density at radius 2 is 1.69 bits per heavy atom. The van der Waals surface area contributed by atoms with E-state index in [0.29, 0.717) is 28.3 Å². The molecule has 3 saturated carbocycles. The van der Waals surface area contributed by atoms with Gasteiger partial charge in [-0.05, 0) is 68.1 Å². The molecule has 4 fully saturated rings. The van der Waals surface area contributed by atoms with Gasteiger partial charge in [-0.1, -0.05) is 25.5 Å². The second-order valence-electron chi connectivity index (χ2n) is 11.3. The highest BCUT2D eigenvalue weighted by Crippen LogP contribution is 2.66. The van der Waals surface area contributed by atoms with Crippen molar-refractivity contribution in [3.8, 4) is 0 Å². The first-order chi connectivity index (χ1) is 15.2. The molecule has 6 heteroatoms. The van der Waals surface area contributed by atoms with Gasteiger partial charge in [-0.25, -0.2) is 0 Å². The first kappa shape index (κ1) is 23.1. The summed E-state index contributed by atoms with van der Waals surface area (Å²) >= 11 is 4.09. The zero-order valence-corrected chi connectivity index (χ0v) is 21.6. The van der Waals surface area contributed by atoms with Crippen molar-refractivity contribution in [2.75, 3.05) is 11.5 Å². The number of thioether (sulfide) groups is 2. The largest absolute Gasteiger partial charge is 0.462 e. The average Bonchev–Trinajstić information content (AvgIpc) is 3.35. The van der Waals surface area contributed by atoms with Gasteiger partial charge in [0.25, 0.3) is 0 Å². The van der Waals surface area contributed by atoms with Gasteiger partial charge in [-0.2, -0.15) is 0 Å². The summed E-state index contributed by atoms with van der Waals surface area (Å²) in [6, 6.07) is 0. The van der Waals surface area contributed by atoms with Crippen molar-refractivity contribution in [2.45, 2.75) is 89.4 Å². The first-order valence-corrected chi connectivity index (χ1v) is 14.6. The lowest BCUT2D eigenvalue weighted by atomic mass is 9.47. The van der Waals surface area contributed by atoms with E-state index < -0.39 is 0 Å². The minimum atomic E-state index is -0.142. The molecular formula is C26H38O4S2. The second-order valence-corrected chi connectivity index (χ2v) is 14.1. The Labute approximate surface area is 201 Å². The van der Waals surface area contributed by atoms with E-state index >= 15 is 0 Å². The molecule has 32 heavy (non-hydrogen) atoms. The fraction of sp³-hybridized carbons (Fsp3) is 0.846. The molecule has 1 aliphatic heterocycles. The third kappa shape index (κ3) is 3.76. The van der Waals surface area contributed by atoms with Crippen molar-refractivity contribution in [1.29, 1.82) is 0 Å². The number of fused-ring (bicyclic) bond motifs is 5. The highest BCUT2D eigenvalue weighted by Gasteiger charge is 2.61. The predicted molar refractivity (Wildman–Crippen MR) is 130 cm³/mol. The minimum Gasteiger partial charge on any atom is -0.462 e. The number of ether oxygens (including phenoxy) is 2. The van der Waals surface area contributed by atoms with Crippen LogP contribution in [0.4, 0.5) is 0 Å². The van der Waals surface area contributed by atoms with Gasteiger partial charge in [-0.15, -0.1) is 23.5 Å². The Hall–Kier alpha value is -0.620. The van der Waals surface area contributed by atoms with Crippen LogP contribution in [-0.4, -0.2) is 40.2 Å². The number of esters is 2. The zero-order chi connectivity index (χ0) is 22.7. The first-order valence-electron chi connectivity index (χ1n) is 12.5. The van der Waals surface area contributed by atoms with Crippen LogP contribution in [0.3, 0.4) is 0 Å². The summed E-state index contributed by atoms with van der Waals surface area (Å²) in [5.41, 5.74) is 1.88. The average molecular weight is 479 g/mol. The lowest BCUT2D eigenvalue weighted by Crippen LogP contribution is -2.53. The standard InChI is InChI=1S/C26H38O4S2/c1-15(27)29-22-14-26(4)17(13-19(22)24-31-11-12-32-24)5-6-18-20-7-8-23(30-16(2)28)25(20,3)10-9-21(18)26/h13,18-24H,5-12,14H2,1-4H3/t18-,19-,20-,21-,22+,23-,25-,26-/m0/s1. The van der Waals surface area contributed by atoms with E-state index in [9.17, 15) is 9.59 Å². The van der Waals surface area contributed by atoms with Gasteiger partial charge in [0.15, 0.2) is 0 Å². The molecule has 0 spiro atoms. The monoisotopic (exact) mass is 478 g/mol. The third-order valence-corrected chi connectivity index (χ3v) is 12.9. The molecule has 178 valence electrons. The third-order valence-electron chi connectivity index (χ3n) is 9.68. The molecule has 0 aromatic rings. The fourth-order valence-electron chi connectivity index (χ4n) is 8.31. The summed E-state index contributed by atoms with van der Waals surface area (Å²) in [7, 11) is 0. The normalized spacial score (nSPS) is 45.9. The van der Waals surface area contributed by atoms with Crippen LogP contribution in [0.2, 0.25) is 0 Å². The van der Waals surface area contributed by atoms with Crippen LogP contribution in [0.5, 0.6) is 0 Å². The smallest absolute Gasteiger partial charge is 0.302 e. The van der Waals surface area contributed by atoms with E-state index in [-0.39, 0.29) is 35.0 Å². The van der Waals surface area contributed by atoms with Crippen molar-refractivity contribution in [2.24, 2.45) is 34.5 Å². The number of allylic oxidation sites excluding steroid dienone is 1. The van der Waals surface area contributed by atoms with Crippen LogP contribution < -0.4 is 0 Å². The lowest BCUT2D eigenvalue weighted by Gasteiger charge is -2.59. The van der Waals surface area contributed by atoms with Gasteiger partial charge >= 0.3 is 11.9 Å². The highest BCUT2D eigenvalue weighted by atomic mass is 32.2. The van der Waals surface area contributed by atoms with Crippen LogP contribution in [0.1, 0.15) is 72.6 Å². The Balaban J connectivity index is 1.43. The number of rotatable bonds is 3. The molecule has 5 aliphatic rings. The molecule has 4 nitrogen and oxygen atoms in total. The number of carbonyl (C=O) groups is 2. The maximum absolute atomic E-state index is 12.0. The maximum atomic E-state index is 12.0. The molecule has 1 heterocycles. The van der Waals surface area contributed by atoms with Crippen molar-refractivity contribution < 1.29 is 19.1 Å². The van der Waals surface area contributed by atoms with E-state index in [0.717, 1.165) is 19.3 Å². The SMILES string of the molecule is CC(=O)O[C@H]1CC[C@H]2[C@@H]3CCC4=C[C@H](C5SCCS5)[C@H](OC(C)=O)C[C@]4(C)[C@H]3CC[C@]12C. The van der Waals surface area contributed by atoms with Gasteiger partial charge in [0, 0.05) is 36.7 Å². The second kappa shape index (κ2) is 8.55. The van der Waals surface area contributed by atoms with E-state index in [4.69, 9.17) is 9.47 Å². The molecule has 0 radical (unpaired) electrons. The van der Waals surface area contributed by atoms with Crippen molar-refractivity contribution in [1.82, 2.24) is 0 Å². The Bertz CT molecular complexity index is 806. The molecule has 0 N–H and O–H groups in total. The van der Waals surface area contributed by atoms with Crippen LogP contribution in [0.25, 0.3) is 0 Å². The topological polar surface area (TPSA) is 52.6 Å². The zero-order valence-electron chi connectivity index (χ0n) is 19.9. The summed E-state index contributed by atoms with van der Waals surface area (Å²) in [5, 5.41) is 0. The summed E-state index contributed by atoms with van der Waals surface area (Å²) in [6.45, 7) is 7.97. The van der Waals surface area contributed by atoms with E-state index in [1.807, 2.05) is 23.5 Å². The summed E-state index contributed by atoms with van der Waals surface area (Å²) in [5.74, 6) is 4.42. The van der Waals surface area contributed by atoms with Crippen molar-refractivity contribution in [3.05, 3.63) is 11.6 Å². The number of hydrogen-bond donors (Lipinski definition) is 0.